The number of fused-ring (bicyclic) bond motifs is 1. The van der Waals surface area contributed by atoms with Gasteiger partial charge < -0.3 is 9.45 Å². The van der Waals surface area contributed by atoms with Gasteiger partial charge in [-0.1, -0.05) is 17.7 Å². The van der Waals surface area contributed by atoms with Crippen LogP contribution in [0.1, 0.15) is 18.4 Å². The average molecular weight is 435 g/mol. The van der Waals surface area contributed by atoms with Gasteiger partial charge in [-0.3, -0.25) is 0 Å². The first-order valence-electron chi connectivity index (χ1n) is 9.22. The Bertz CT molecular complexity index is 1170. The molecule has 1 N–H and O–H groups in total. The molecule has 0 aliphatic heterocycles. The lowest BCUT2D eigenvalue weighted by atomic mass is 9.81. The fraction of sp³-hybridized carbons (Fsp3) is 0.368. The minimum Gasteiger partial charge on any atom is -0.356 e. The lowest BCUT2D eigenvalue weighted by Crippen LogP contribution is -2.44. The third-order valence-electron chi connectivity index (χ3n) is 5.48. The Balaban J connectivity index is 1.65. The van der Waals surface area contributed by atoms with Crippen molar-refractivity contribution in [2.45, 2.75) is 30.7 Å². The van der Waals surface area contributed by atoms with Crippen LogP contribution in [0.25, 0.3) is 11.0 Å². The van der Waals surface area contributed by atoms with Crippen LogP contribution in [0.15, 0.2) is 47.8 Å². The lowest BCUT2D eigenvalue weighted by molar-refractivity contribution is 0.281. The van der Waals surface area contributed by atoms with E-state index in [0.717, 1.165) is 18.4 Å². The standard InChI is InChI=1S/C19H22N4O4S2/c1-13-3-5-16(6-4-13)29(26,27)23-8-7-17-18(20-12-21-19(17)23)22(2)15-9-14(10-15)11-28(24)25/h3-8,12,14-15H,9-11H2,1-2H3,(H,24,25)/t14-,15-. The predicted octanol–water partition coefficient (Wildman–Crippen LogP) is 2.41. The fourth-order valence-electron chi connectivity index (χ4n) is 3.74. The number of nitrogens with zero attached hydrogens (tertiary/aromatic N) is 4. The second-order valence-electron chi connectivity index (χ2n) is 7.45. The summed E-state index contributed by atoms with van der Waals surface area (Å²) in [5.41, 5.74) is 1.31. The Hall–Kier alpha value is -2.30. The Morgan fingerprint density at radius 2 is 1.90 bits per heavy atom. The molecule has 1 aromatic carbocycles. The minimum absolute atomic E-state index is 0.193. The van der Waals surface area contributed by atoms with Crippen LogP contribution in [0.2, 0.25) is 0 Å². The van der Waals surface area contributed by atoms with Gasteiger partial charge in [0.1, 0.15) is 12.1 Å². The van der Waals surface area contributed by atoms with Gasteiger partial charge in [-0.15, -0.1) is 0 Å². The molecule has 0 saturated heterocycles. The molecule has 1 unspecified atom stereocenters. The summed E-state index contributed by atoms with van der Waals surface area (Å²) in [6.45, 7) is 1.90. The number of hydrogen-bond acceptors (Lipinski definition) is 6. The molecular formula is C19H22N4O4S2. The van der Waals surface area contributed by atoms with Gasteiger partial charge in [-0.25, -0.2) is 26.6 Å². The Morgan fingerprint density at radius 3 is 2.55 bits per heavy atom. The van der Waals surface area contributed by atoms with Crippen molar-refractivity contribution in [3.8, 4) is 0 Å². The number of anilines is 1. The zero-order chi connectivity index (χ0) is 20.8. The van der Waals surface area contributed by atoms with E-state index in [2.05, 4.69) is 9.97 Å². The molecule has 154 valence electrons. The molecule has 0 bridgehead atoms. The molecule has 1 aliphatic carbocycles. The zero-order valence-electron chi connectivity index (χ0n) is 16.1. The summed E-state index contributed by atoms with van der Waals surface area (Å²) in [4.78, 5) is 10.8. The average Bonchev–Trinajstić information content (AvgIpc) is 3.09. The highest BCUT2D eigenvalue weighted by Gasteiger charge is 2.34. The van der Waals surface area contributed by atoms with Gasteiger partial charge in [0.15, 0.2) is 16.7 Å². The van der Waals surface area contributed by atoms with Gasteiger partial charge in [0, 0.05) is 19.3 Å². The molecule has 0 spiro atoms. The van der Waals surface area contributed by atoms with Crippen molar-refractivity contribution in [1.82, 2.24) is 13.9 Å². The SMILES string of the molecule is Cc1ccc(S(=O)(=O)n2ccc3c(N(C)[C@H]4C[C@H](CS(=O)O)C4)ncnc32)cc1. The third kappa shape index (κ3) is 3.67. The highest BCUT2D eigenvalue weighted by molar-refractivity contribution is 7.90. The summed E-state index contributed by atoms with van der Waals surface area (Å²) in [5, 5.41) is 0.653. The Morgan fingerprint density at radius 1 is 1.21 bits per heavy atom. The Labute approximate surface area is 171 Å². The zero-order valence-corrected chi connectivity index (χ0v) is 17.7. The van der Waals surface area contributed by atoms with Gasteiger partial charge in [-0.2, -0.15) is 0 Å². The maximum Gasteiger partial charge on any atom is 0.269 e. The van der Waals surface area contributed by atoms with E-state index in [-0.39, 0.29) is 22.6 Å². The topological polar surface area (TPSA) is 105 Å². The highest BCUT2D eigenvalue weighted by Crippen LogP contribution is 2.36. The summed E-state index contributed by atoms with van der Waals surface area (Å²) in [5.74, 6) is 1.16. The van der Waals surface area contributed by atoms with Gasteiger partial charge in [-0.05, 0) is 43.9 Å². The second-order valence-corrected chi connectivity index (χ2v) is 10.2. The normalized spacial score (nSPS) is 20.4. The van der Waals surface area contributed by atoms with Crippen LogP contribution in [-0.4, -0.2) is 50.0 Å². The van der Waals surface area contributed by atoms with Crippen molar-refractivity contribution < 1.29 is 17.2 Å². The van der Waals surface area contributed by atoms with Crippen molar-refractivity contribution in [3.63, 3.8) is 0 Å². The molecule has 3 aromatic rings. The predicted molar refractivity (Wildman–Crippen MR) is 112 cm³/mol. The van der Waals surface area contributed by atoms with Gasteiger partial charge in [0.2, 0.25) is 0 Å². The maximum atomic E-state index is 13.1. The van der Waals surface area contributed by atoms with E-state index in [1.807, 2.05) is 18.9 Å². The molecule has 2 aromatic heterocycles. The summed E-state index contributed by atoms with van der Waals surface area (Å²) in [6.07, 6.45) is 4.48. The smallest absolute Gasteiger partial charge is 0.269 e. The van der Waals surface area contributed by atoms with Crippen LogP contribution in [0, 0.1) is 12.8 Å². The van der Waals surface area contributed by atoms with Crippen molar-refractivity contribution in [3.05, 3.63) is 48.4 Å². The third-order valence-corrected chi connectivity index (χ3v) is 7.91. The molecule has 0 amide bonds. The number of hydrogen-bond donors (Lipinski definition) is 1. The maximum absolute atomic E-state index is 13.1. The monoisotopic (exact) mass is 434 g/mol. The molecule has 2 heterocycles. The van der Waals surface area contributed by atoms with E-state index < -0.39 is 21.1 Å². The van der Waals surface area contributed by atoms with E-state index in [1.54, 1.807) is 30.3 Å². The number of benzene rings is 1. The van der Waals surface area contributed by atoms with Crippen LogP contribution < -0.4 is 4.90 Å². The van der Waals surface area contributed by atoms with Gasteiger partial charge in [0.05, 0.1) is 16.0 Å². The first-order valence-corrected chi connectivity index (χ1v) is 11.9. The highest BCUT2D eigenvalue weighted by atomic mass is 32.2. The second kappa shape index (κ2) is 7.51. The number of aromatic nitrogens is 3. The number of rotatable bonds is 6. The quantitative estimate of drug-likeness (QED) is 0.594. The first-order chi connectivity index (χ1) is 13.8. The van der Waals surface area contributed by atoms with Crippen LogP contribution in [0.5, 0.6) is 0 Å². The summed E-state index contributed by atoms with van der Waals surface area (Å²) in [7, 11) is -1.86. The van der Waals surface area contributed by atoms with Crippen LogP contribution in [0.4, 0.5) is 5.82 Å². The van der Waals surface area contributed by atoms with Gasteiger partial charge in [0.25, 0.3) is 10.0 Å². The molecule has 1 fully saturated rings. The van der Waals surface area contributed by atoms with Crippen LogP contribution >= 0.6 is 0 Å². The Kier molecular flexibility index (Phi) is 5.18. The van der Waals surface area contributed by atoms with Gasteiger partial charge >= 0.3 is 0 Å². The lowest BCUT2D eigenvalue weighted by Gasteiger charge is -2.41. The van der Waals surface area contributed by atoms with Crippen LogP contribution in [0.3, 0.4) is 0 Å². The molecule has 0 radical (unpaired) electrons. The molecule has 4 rings (SSSR count). The molecule has 1 saturated carbocycles. The fourth-order valence-corrected chi connectivity index (χ4v) is 5.72. The molecule has 29 heavy (non-hydrogen) atoms. The molecular weight excluding hydrogens is 412 g/mol. The first kappa shape index (κ1) is 20.0. The van der Waals surface area contributed by atoms with E-state index in [9.17, 15) is 12.6 Å². The minimum atomic E-state index is -3.77. The summed E-state index contributed by atoms with van der Waals surface area (Å²) in [6, 6.07) is 8.61. The van der Waals surface area contributed by atoms with E-state index >= 15 is 0 Å². The van der Waals surface area contributed by atoms with E-state index in [0.29, 0.717) is 16.9 Å². The number of aryl methyl sites for hydroxylation is 1. The van der Waals surface area contributed by atoms with Crippen molar-refractivity contribution in [1.29, 1.82) is 0 Å². The molecule has 1 atom stereocenters. The summed E-state index contributed by atoms with van der Waals surface area (Å²) >= 11 is -1.78. The molecule has 1 aliphatic rings. The van der Waals surface area contributed by atoms with Crippen molar-refractivity contribution in [2.75, 3.05) is 17.7 Å². The van der Waals surface area contributed by atoms with Crippen molar-refractivity contribution in [2.24, 2.45) is 5.92 Å². The van der Waals surface area contributed by atoms with Crippen molar-refractivity contribution >= 4 is 38.0 Å². The van der Waals surface area contributed by atoms with E-state index in [4.69, 9.17) is 4.55 Å². The largest absolute Gasteiger partial charge is 0.356 e. The van der Waals surface area contributed by atoms with E-state index in [1.165, 1.54) is 16.5 Å². The van der Waals surface area contributed by atoms with Crippen LogP contribution in [-0.2, 0) is 21.1 Å². The summed E-state index contributed by atoms with van der Waals surface area (Å²) < 4.78 is 47.4. The molecule has 10 heteroatoms. The molecule has 8 nitrogen and oxygen atoms in total.